The Labute approximate surface area is 112 Å². The van der Waals surface area contributed by atoms with E-state index in [0.29, 0.717) is 4.59 Å². The minimum absolute atomic E-state index is 0.165. The van der Waals surface area contributed by atoms with Gasteiger partial charge in [-0.15, -0.1) is 5.10 Å². The summed E-state index contributed by atoms with van der Waals surface area (Å²) in [6, 6.07) is 5.27. The van der Waals surface area contributed by atoms with Crippen LogP contribution in [0.3, 0.4) is 0 Å². The number of fused-ring (bicyclic) bond motifs is 1. The summed E-state index contributed by atoms with van der Waals surface area (Å²) in [6.45, 7) is 2.19. The molecule has 0 saturated heterocycles. The van der Waals surface area contributed by atoms with Gasteiger partial charge >= 0.3 is 0 Å². The predicted molar refractivity (Wildman–Crippen MR) is 73.8 cm³/mol. The number of aromatic hydroxyl groups is 1. The van der Waals surface area contributed by atoms with Crippen LogP contribution in [-0.4, -0.2) is 41.2 Å². The highest BCUT2D eigenvalue weighted by Crippen LogP contribution is 2.23. The zero-order chi connectivity index (χ0) is 14.0. The van der Waals surface area contributed by atoms with Crippen LogP contribution in [0.2, 0.25) is 0 Å². The number of nitrogens with zero attached hydrogens (tertiary/aromatic N) is 2. The number of benzene rings is 1. The van der Waals surface area contributed by atoms with Crippen LogP contribution in [0, 0.1) is 0 Å². The average Bonchev–Trinajstić information content (AvgIpc) is 2.67. The number of aromatic nitrogens is 1. The molecule has 0 aliphatic carbocycles. The van der Waals surface area contributed by atoms with Crippen molar-refractivity contribution in [2.75, 3.05) is 20.6 Å². The minimum Gasteiger partial charge on any atom is -0.858 e. The quantitative estimate of drug-likeness (QED) is 0.375. The van der Waals surface area contributed by atoms with Gasteiger partial charge in [0.25, 0.3) is 0 Å². The maximum atomic E-state index is 11.1. The molecule has 2 N–H and O–H groups in total. The number of hydrogen-bond acceptors (Lipinski definition) is 3. The predicted octanol–water partition coefficient (Wildman–Crippen LogP) is 1.19. The summed E-state index contributed by atoms with van der Waals surface area (Å²) in [5.74, 6) is 0.0945. The van der Waals surface area contributed by atoms with Gasteiger partial charge in [0.1, 0.15) is 12.3 Å². The molecule has 0 fully saturated rings. The molecular formula is C14H19N3O2. The van der Waals surface area contributed by atoms with E-state index in [2.05, 4.69) is 10.1 Å². The van der Waals surface area contributed by atoms with Gasteiger partial charge in [0.05, 0.1) is 14.1 Å². The van der Waals surface area contributed by atoms with Crippen molar-refractivity contribution in [3.63, 3.8) is 0 Å². The van der Waals surface area contributed by atoms with E-state index in [9.17, 15) is 10.2 Å². The molecule has 0 amide bonds. The van der Waals surface area contributed by atoms with Gasteiger partial charge in [-0.3, -0.25) is 0 Å². The lowest BCUT2D eigenvalue weighted by molar-refractivity contribution is -0.898. The van der Waals surface area contributed by atoms with Crippen LogP contribution in [0.4, 0.5) is 0 Å². The zero-order valence-corrected chi connectivity index (χ0v) is 11.5. The van der Waals surface area contributed by atoms with Gasteiger partial charge in [0, 0.05) is 29.4 Å². The van der Waals surface area contributed by atoms with E-state index in [1.165, 1.54) is 6.92 Å². The highest BCUT2D eigenvalue weighted by atomic mass is 16.3. The Bertz CT molecular complexity index is 610. The zero-order valence-electron chi connectivity index (χ0n) is 11.5. The first-order chi connectivity index (χ1) is 8.87. The van der Waals surface area contributed by atoms with Crippen molar-refractivity contribution in [1.82, 2.24) is 4.98 Å². The summed E-state index contributed by atoms with van der Waals surface area (Å²) in [5.41, 5.74) is 2.12. The highest BCUT2D eigenvalue weighted by molar-refractivity contribution is 5.84. The lowest BCUT2D eigenvalue weighted by atomic mass is 10.1. The molecule has 0 radical (unpaired) electrons. The molecule has 0 unspecified atom stereocenters. The maximum absolute atomic E-state index is 11.1. The monoisotopic (exact) mass is 261 g/mol. The summed E-state index contributed by atoms with van der Waals surface area (Å²) >= 11 is 0. The average molecular weight is 261 g/mol. The van der Waals surface area contributed by atoms with Gasteiger partial charge in [-0.25, -0.2) is 4.59 Å². The third kappa shape index (κ3) is 3.26. The lowest BCUT2D eigenvalue weighted by Gasteiger charge is -2.24. The molecule has 0 bridgehead atoms. The number of hydrogen-bond donors (Lipinski definition) is 2. The van der Waals surface area contributed by atoms with Crippen LogP contribution in [-0.2, 0) is 6.42 Å². The molecule has 5 nitrogen and oxygen atoms in total. The fraction of sp³-hybridized carbons (Fsp3) is 0.357. The Morgan fingerprint density at radius 1 is 1.42 bits per heavy atom. The molecule has 0 spiro atoms. The van der Waals surface area contributed by atoms with Crippen molar-refractivity contribution in [2.24, 2.45) is 5.10 Å². The molecule has 1 aromatic heterocycles. The summed E-state index contributed by atoms with van der Waals surface area (Å²) in [4.78, 5) is 3.18. The van der Waals surface area contributed by atoms with E-state index in [0.717, 1.165) is 29.4 Å². The third-order valence-corrected chi connectivity index (χ3v) is 3.09. The highest BCUT2D eigenvalue weighted by Gasteiger charge is 2.15. The van der Waals surface area contributed by atoms with Crippen LogP contribution < -0.4 is 5.11 Å². The molecule has 0 saturated carbocycles. The number of H-pyrrole nitrogens is 1. The number of likely N-dealkylation sites (N-methyl/N-ethyl adjacent to an activating group) is 1. The van der Waals surface area contributed by atoms with E-state index in [-0.39, 0.29) is 11.6 Å². The van der Waals surface area contributed by atoms with Crippen LogP contribution in [0.25, 0.3) is 10.9 Å². The van der Waals surface area contributed by atoms with Gasteiger partial charge < -0.3 is 15.2 Å². The number of rotatable bonds is 4. The van der Waals surface area contributed by atoms with Crippen LogP contribution in [0.1, 0.15) is 12.5 Å². The first-order valence-corrected chi connectivity index (χ1v) is 6.23. The van der Waals surface area contributed by atoms with Crippen molar-refractivity contribution in [2.45, 2.75) is 13.3 Å². The number of nitrogens with one attached hydrogen (secondary N) is 1. The number of phenols is 1. The first-order valence-electron chi connectivity index (χ1n) is 6.23. The number of quaternary nitrogens is 1. The summed E-state index contributed by atoms with van der Waals surface area (Å²) in [5, 5.41) is 25.7. The van der Waals surface area contributed by atoms with Gasteiger partial charge in [-0.2, -0.15) is 0 Å². The molecule has 2 rings (SSSR count). The van der Waals surface area contributed by atoms with E-state index >= 15 is 0 Å². The lowest BCUT2D eigenvalue weighted by Crippen LogP contribution is -2.38. The van der Waals surface area contributed by atoms with Gasteiger partial charge in [-0.1, -0.05) is 0 Å². The Hall–Kier alpha value is -2.01. The largest absolute Gasteiger partial charge is 0.858 e. The Balaban J connectivity index is 2.18. The fourth-order valence-electron chi connectivity index (χ4n) is 2.20. The van der Waals surface area contributed by atoms with Crippen LogP contribution >= 0.6 is 0 Å². The van der Waals surface area contributed by atoms with Crippen LogP contribution in [0.15, 0.2) is 29.5 Å². The van der Waals surface area contributed by atoms with Crippen LogP contribution in [0.5, 0.6) is 5.75 Å². The standard InChI is InChI=1S/C14H19N3O2/c1-10(18)16-17(2,3)7-6-11-9-15-14-5-4-12(19)8-13(11)14/h4-5,8-9,15H,6-7H2,1-3H3,(H-,16,18,19). The van der Waals surface area contributed by atoms with Crippen molar-refractivity contribution in [3.05, 3.63) is 30.0 Å². The summed E-state index contributed by atoms with van der Waals surface area (Å²) in [6.07, 6.45) is 2.73. The van der Waals surface area contributed by atoms with E-state index in [1.54, 1.807) is 12.1 Å². The second-order valence-corrected chi connectivity index (χ2v) is 5.26. The molecule has 19 heavy (non-hydrogen) atoms. The second kappa shape index (κ2) is 4.93. The molecule has 0 aliphatic rings. The molecule has 1 heterocycles. The van der Waals surface area contributed by atoms with E-state index in [4.69, 9.17) is 0 Å². The normalized spacial score (nSPS) is 13.1. The Kier molecular flexibility index (Phi) is 3.48. The molecule has 102 valence electrons. The molecular weight excluding hydrogens is 242 g/mol. The number of phenolic OH excluding ortho intramolecular Hbond substituents is 1. The fourth-order valence-corrected chi connectivity index (χ4v) is 2.20. The van der Waals surface area contributed by atoms with Gasteiger partial charge in [0.2, 0.25) is 0 Å². The maximum Gasteiger partial charge on any atom is 0.116 e. The molecule has 0 atom stereocenters. The van der Waals surface area contributed by atoms with E-state index < -0.39 is 0 Å². The van der Waals surface area contributed by atoms with Gasteiger partial charge in [-0.05, 0) is 30.7 Å². The van der Waals surface area contributed by atoms with Crippen molar-refractivity contribution in [1.29, 1.82) is 0 Å². The summed E-state index contributed by atoms with van der Waals surface area (Å²) < 4.78 is 0.306. The number of aromatic amines is 1. The third-order valence-electron chi connectivity index (χ3n) is 3.09. The Morgan fingerprint density at radius 3 is 2.84 bits per heavy atom. The molecule has 0 aliphatic heterocycles. The van der Waals surface area contributed by atoms with Crippen molar-refractivity contribution in [3.8, 4) is 5.75 Å². The summed E-state index contributed by atoms with van der Waals surface area (Å²) in [7, 11) is 3.79. The Morgan fingerprint density at radius 2 is 2.16 bits per heavy atom. The molecule has 1 aromatic carbocycles. The SMILES string of the molecule is C/C([O-])=N/[N+](C)(C)CCc1c[nH]c2ccc(O)cc12. The van der Waals surface area contributed by atoms with E-state index in [1.807, 2.05) is 26.4 Å². The van der Waals surface area contributed by atoms with Crippen molar-refractivity contribution < 1.29 is 14.8 Å². The van der Waals surface area contributed by atoms with Crippen molar-refractivity contribution >= 4 is 16.8 Å². The molecule has 5 heteroatoms. The smallest absolute Gasteiger partial charge is 0.116 e. The molecule has 2 aromatic rings. The minimum atomic E-state index is -0.165. The topological polar surface area (TPSA) is 71.4 Å². The second-order valence-electron chi connectivity index (χ2n) is 5.26. The van der Waals surface area contributed by atoms with Gasteiger partial charge in [0.15, 0.2) is 0 Å². The first kappa shape index (κ1) is 13.4.